The highest BCUT2D eigenvalue weighted by Gasteiger charge is 2.23. The van der Waals surface area contributed by atoms with Crippen molar-refractivity contribution >= 4 is 76.2 Å². The number of fused-ring (bicyclic) bond motifs is 12. The lowest BCUT2D eigenvalue weighted by Crippen LogP contribution is -2.00. The molecule has 0 radical (unpaired) electrons. The topological polar surface area (TPSA) is 65.0 Å². The smallest absolute Gasteiger partial charge is 0.164 e. The van der Waals surface area contributed by atoms with Crippen molar-refractivity contribution in [3.63, 3.8) is 0 Å². The van der Waals surface area contributed by atoms with Crippen LogP contribution in [0.5, 0.6) is 0 Å². The number of nitrogens with zero attached hydrogens (tertiary/aromatic N) is 3. The molecule has 0 aliphatic carbocycles. The normalized spacial score (nSPS) is 12.0. The second kappa shape index (κ2) is 10.3. The van der Waals surface area contributed by atoms with Crippen LogP contribution in [0.2, 0.25) is 0 Å². The molecule has 11 aromatic rings. The lowest BCUT2D eigenvalue weighted by Gasteiger charge is -2.12. The van der Waals surface area contributed by atoms with Crippen LogP contribution in [0.1, 0.15) is 0 Å². The van der Waals surface area contributed by atoms with E-state index in [-0.39, 0.29) is 0 Å². The quantitative estimate of drug-likeness (QED) is 0.180. The molecule has 0 bridgehead atoms. The van der Waals surface area contributed by atoms with E-state index in [4.69, 9.17) is 23.8 Å². The molecule has 0 aliphatic rings. The van der Waals surface area contributed by atoms with E-state index < -0.39 is 0 Å². The average molecular weight is 640 g/mol. The Hall–Kier alpha value is -6.85. The first-order valence-electron chi connectivity index (χ1n) is 16.7. The molecular formula is C45H25N3O2. The van der Waals surface area contributed by atoms with Crippen molar-refractivity contribution in [3.05, 3.63) is 152 Å². The molecular weight excluding hydrogens is 615 g/mol. The lowest BCUT2D eigenvalue weighted by atomic mass is 9.94. The van der Waals surface area contributed by atoms with E-state index in [9.17, 15) is 0 Å². The second-order valence-corrected chi connectivity index (χ2v) is 12.8. The summed E-state index contributed by atoms with van der Waals surface area (Å²) in [6.45, 7) is 0. The molecule has 0 fully saturated rings. The zero-order valence-electron chi connectivity index (χ0n) is 26.6. The van der Waals surface area contributed by atoms with E-state index in [1.165, 1.54) is 0 Å². The van der Waals surface area contributed by atoms with Crippen molar-refractivity contribution in [2.24, 2.45) is 0 Å². The van der Waals surface area contributed by atoms with Crippen LogP contribution in [-0.4, -0.2) is 15.0 Å². The molecule has 5 nitrogen and oxygen atoms in total. The molecule has 8 aromatic carbocycles. The van der Waals surface area contributed by atoms with Gasteiger partial charge in [-0.2, -0.15) is 0 Å². The van der Waals surface area contributed by atoms with E-state index in [1.807, 2.05) is 60.7 Å². The summed E-state index contributed by atoms with van der Waals surface area (Å²) in [5.74, 6) is 1.78. The highest BCUT2D eigenvalue weighted by atomic mass is 16.3. The van der Waals surface area contributed by atoms with Crippen LogP contribution in [0.4, 0.5) is 0 Å². The van der Waals surface area contributed by atoms with Gasteiger partial charge in [-0.15, -0.1) is 0 Å². The molecule has 232 valence electrons. The van der Waals surface area contributed by atoms with E-state index in [0.29, 0.717) is 17.5 Å². The maximum Gasteiger partial charge on any atom is 0.164 e. The Kier molecular flexibility index (Phi) is 5.60. The van der Waals surface area contributed by atoms with Crippen molar-refractivity contribution in [1.29, 1.82) is 0 Å². The first kappa shape index (κ1) is 27.1. The van der Waals surface area contributed by atoms with Crippen LogP contribution in [0.3, 0.4) is 0 Å². The van der Waals surface area contributed by atoms with E-state index in [0.717, 1.165) is 92.9 Å². The molecule has 0 saturated carbocycles. The van der Waals surface area contributed by atoms with Crippen molar-refractivity contribution in [2.75, 3.05) is 0 Å². The molecule has 0 aliphatic heterocycles. The van der Waals surface area contributed by atoms with E-state index >= 15 is 0 Å². The summed E-state index contributed by atoms with van der Waals surface area (Å²) < 4.78 is 13.0. The maximum atomic E-state index is 6.87. The zero-order valence-corrected chi connectivity index (χ0v) is 26.6. The second-order valence-electron chi connectivity index (χ2n) is 12.8. The predicted octanol–water partition coefficient (Wildman–Crippen LogP) is 12.1. The van der Waals surface area contributed by atoms with Gasteiger partial charge in [-0.1, -0.05) is 115 Å². The van der Waals surface area contributed by atoms with Crippen LogP contribution >= 0.6 is 0 Å². The number of rotatable bonds is 3. The van der Waals surface area contributed by atoms with Crippen LogP contribution < -0.4 is 0 Å². The van der Waals surface area contributed by atoms with Crippen LogP contribution in [0.15, 0.2) is 160 Å². The molecule has 3 heterocycles. The lowest BCUT2D eigenvalue weighted by molar-refractivity contribution is 0.669. The van der Waals surface area contributed by atoms with Gasteiger partial charge < -0.3 is 8.83 Å². The SMILES string of the molecule is c1ccc(-c2nc(-c3ccc4oc5ccccc5c4c3)nc(-c3cc4ccc5ccccc5c4c4oc5ccc6ccccc6c5c34)n2)cc1. The minimum Gasteiger partial charge on any atom is -0.456 e. The molecule has 0 atom stereocenters. The summed E-state index contributed by atoms with van der Waals surface area (Å²) in [4.78, 5) is 15.5. The van der Waals surface area contributed by atoms with Crippen molar-refractivity contribution in [3.8, 4) is 34.2 Å². The number of furan rings is 2. The van der Waals surface area contributed by atoms with Gasteiger partial charge in [-0.25, -0.2) is 15.0 Å². The molecule has 0 saturated heterocycles. The minimum absolute atomic E-state index is 0.585. The third kappa shape index (κ3) is 3.98. The zero-order chi connectivity index (χ0) is 32.8. The molecule has 3 aromatic heterocycles. The van der Waals surface area contributed by atoms with Gasteiger partial charge in [0.1, 0.15) is 22.3 Å². The highest BCUT2D eigenvalue weighted by molar-refractivity contribution is 6.30. The summed E-state index contributed by atoms with van der Waals surface area (Å²) in [7, 11) is 0. The van der Waals surface area contributed by atoms with Crippen LogP contribution in [0, 0.1) is 0 Å². The molecule has 0 spiro atoms. The number of hydrogen-bond acceptors (Lipinski definition) is 5. The Morgan fingerprint density at radius 3 is 1.76 bits per heavy atom. The molecule has 50 heavy (non-hydrogen) atoms. The summed E-state index contributed by atoms with van der Waals surface area (Å²) in [5.41, 5.74) is 6.03. The van der Waals surface area contributed by atoms with Gasteiger partial charge in [0.2, 0.25) is 0 Å². The number of hydrogen-bond donors (Lipinski definition) is 0. The van der Waals surface area contributed by atoms with Crippen LogP contribution in [0.25, 0.3) is 110 Å². The molecule has 0 unspecified atom stereocenters. The Morgan fingerprint density at radius 1 is 0.340 bits per heavy atom. The van der Waals surface area contributed by atoms with Gasteiger partial charge in [-0.3, -0.25) is 0 Å². The van der Waals surface area contributed by atoms with Gasteiger partial charge in [-0.05, 0) is 63.3 Å². The Bertz CT molecular complexity index is 3160. The summed E-state index contributed by atoms with van der Waals surface area (Å²) >= 11 is 0. The van der Waals surface area contributed by atoms with Crippen molar-refractivity contribution in [2.45, 2.75) is 0 Å². The summed E-state index contributed by atoms with van der Waals surface area (Å²) in [6.07, 6.45) is 0. The molecule has 5 heteroatoms. The van der Waals surface area contributed by atoms with Gasteiger partial charge in [0.05, 0.1) is 0 Å². The minimum atomic E-state index is 0.585. The first-order valence-corrected chi connectivity index (χ1v) is 16.7. The highest BCUT2D eigenvalue weighted by Crippen LogP contribution is 2.45. The maximum absolute atomic E-state index is 6.87. The monoisotopic (exact) mass is 639 g/mol. The third-order valence-electron chi connectivity index (χ3n) is 9.88. The fraction of sp³-hybridized carbons (Fsp3) is 0. The van der Waals surface area contributed by atoms with Crippen LogP contribution in [-0.2, 0) is 0 Å². The molecule has 11 rings (SSSR count). The fourth-order valence-corrected chi connectivity index (χ4v) is 7.58. The number of para-hydroxylation sites is 1. The third-order valence-corrected chi connectivity index (χ3v) is 9.88. The standard InChI is InChI=1S/C45H25N3O2/c1-2-12-28(13-3-1)43-46-44(30-21-22-37-34(25-30)33-16-8-9-17-36(33)49-37)48-45(47-43)35-24-29-19-18-26-10-4-6-14-31(26)39(29)42-41(35)40-32-15-7-5-11-27(32)20-23-38(40)50-42/h1-25H. The van der Waals surface area contributed by atoms with Gasteiger partial charge in [0, 0.05) is 43.6 Å². The Morgan fingerprint density at radius 2 is 0.940 bits per heavy atom. The Balaban J connectivity index is 1.27. The summed E-state index contributed by atoms with van der Waals surface area (Å²) in [6, 6.07) is 52.1. The van der Waals surface area contributed by atoms with E-state index in [1.54, 1.807) is 0 Å². The van der Waals surface area contributed by atoms with Gasteiger partial charge >= 0.3 is 0 Å². The molecule has 0 amide bonds. The molecule has 0 N–H and O–H groups in total. The largest absolute Gasteiger partial charge is 0.456 e. The number of benzene rings is 8. The Labute approximate surface area is 285 Å². The fourth-order valence-electron chi connectivity index (χ4n) is 7.58. The summed E-state index contributed by atoms with van der Waals surface area (Å²) in [5, 5.41) is 10.8. The predicted molar refractivity (Wildman–Crippen MR) is 203 cm³/mol. The average Bonchev–Trinajstić information content (AvgIpc) is 3.76. The first-order chi connectivity index (χ1) is 24.8. The number of aromatic nitrogens is 3. The van der Waals surface area contributed by atoms with Gasteiger partial charge in [0.25, 0.3) is 0 Å². The van der Waals surface area contributed by atoms with E-state index in [2.05, 4.69) is 91.0 Å². The van der Waals surface area contributed by atoms with Crippen molar-refractivity contribution in [1.82, 2.24) is 15.0 Å². The van der Waals surface area contributed by atoms with Gasteiger partial charge in [0.15, 0.2) is 17.5 Å². The van der Waals surface area contributed by atoms with Crippen molar-refractivity contribution < 1.29 is 8.83 Å².